The number of carboxylic acid groups (broad SMARTS) is 1. The summed E-state index contributed by atoms with van der Waals surface area (Å²) in [6.45, 7) is -0.0802. The van der Waals surface area contributed by atoms with E-state index in [0.29, 0.717) is 0 Å². The molecule has 0 saturated heterocycles. The van der Waals surface area contributed by atoms with E-state index in [9.17, 15) is 9.90 Å². The van der Waals surface area contributed by atoms with E-state index >= 15 is 0 Å². The first-order chi connectivity index (χ1) is 16.6. The summed E-state index contributed by atoms with van der Waals surface area (Å²) in [5, 5.41) is 13.1. The fourth-order valence-electron chi connectivity index (χ4n) is 5.62. The van der Waals surface area contributed by atoms with Gasteiger partial charge in [0.2, 0.25) is 0 Å². The molecule has 4 heteroatoms. The number of hydrogen-bond acceptors (Lipinski definition) is 3. The summed E-state index contributed by atoms with van der Waals surface area (Å²) in [6, 6.07) is 23.4. The highest BCUT2D eigenvalue weighted by Gasteiger charge is 2.27. The van der Waals surface area contributed by atoms with E-state index in [0.717, 1.165) is 41.5 Å². The molecule has 2 aliphatic rings. The lowest BCUT2D eigenvalue weighted by Gasteiger charge is -2.30. The first-order valence-electron chi connectivity index (χ1n) is 11.8. The normalized spacial score (nSPS) is 17.0. The molecule has 0 aliphatic heterocycles. The third kappa shape index (κ3) is 3.47. The smallest absolute Gasteiger partial charge is 0.323 e. The number of allylic oxidation sites excluding steroid dienone is 4. The number of rotatable bonds is 4. The van der Waals surface area contributed by atoms with Gasteiger partial charge >= 0.3 is 5.97 Å². The summed E-state index contributed by atoms with van der Waals surface area (Å²) in [5.74, 6) is 0.0646. The second kappa shape index (κ2) is 8.14. The SMILES string of the molecule is CN(CC(=O)O)c1nc2ccccc2cc1C1C=CC2=C(CCc3c2ccc2ccccc32)C1. The van der Waals surface area contributed by atoms with Crippen molar-refractivity contribution in [2.75, 3.05) is 18.5 Å². The van der Waals surface area contributed by atoms with Crippen LogP contribution in [0.2, 0.25) is 0 Å². The molecule has 0 amide bonds. The van der Waals surface area contributed by atoms with Crippen molar-refractivity contribution in [1.82, 2.24) is 4.98 Å². The van der Waals surface area contributed by atoms with E-state index in [1.54, 1.807) is 4.90 Å². The highest BCUT2D eigenvalue weighted by atomic mass is 16.4. The van der Waals surface area contributed by atoms with Gasteiger partial charge in [-0.25, -0.2) is 4.98 Å². The summed E-state index contributed by atoms with van der Waals surface area (Å²) in [6.07, 6.45) is 7.61. The number of aliphatic carboxylic acids is 1. The van der Waals surface area contributed by atoms with E-state index in [-0.39, 0.29) is 12.5 Å². The number of anilines is 1. The van der Waals surface area contributed by atoms with Crippen LogP contribution in [-0.4, -0.2) is 29.7 Å². The van der Waals surface area contributed by atoms with Gasteiger partial charge in [-0.15, -0.1) is 0 Å². The average molecular weight is 447 g/mol. The van der Waals surface area contributed by atoms with Gasteiger partial charge in [-0.05, 0) is 58.9 Å². The predicted molar refractivity (Wildman–Crippen MR) is 138 cm³/mol. The minimum Gasteiger partial charge on any atom is -0.480 e. The standard InChI is InChI=1S/C30H26N2O2/c1-32(18-29(33)34)30-27(17-22-7-3-5-9-28(22)31-30)21-11-13-24-20(16-21)12-15-25-23-8-4-2-6-19(23)10-14-26(24)25/h2-11,13-14,17,21H,12,15-16,18H2,1H3,(H,33,34). The topological polar surface area (TPSA) is 53.4 Å². The molecule has 3 aromatic carbocycles. The number of carboxylic acids is 1. The van der Waals surface area contributed by atoms with Crippen LogP contribution in [0.15, 0.2) is 84.5 Å². The lowest BCUT2D eigenvalue weighted by Crippen LogP contribution is -2.27. The van der Waals surface area contributed by atoms with Crippen LogP contribution in [0.3, 0.4) is 0 Å². The van der Waals surface area contributed by atoms with Gasteiger partial charge in [0.05, 0.1) is 5.52 Å². The number of aryl methyl sites for hydroxylation is 1. The molecule has 6 rings (SSSR count). The van der Waals surface area contributed by atoms with Crippen molar-refractivity contribution in [2.45, 2.75) is 25.2 Å². The van der Waals surface area contributed by atoms with Gasteiger partial charge in [-0.1, -0.05) is 72.3 Å². The molecule has 0 saturated carbocycles. The molecule has 4 nitrogen and oxygen atoms in total. The Morgan fingerprint density at radius 2 is 1.82 bits per heavy atom. The molecule has 0 fully saturated rings. The third-order valence-corrected chi connectivity index (χ3v) is 7.22. The van der Waals surface area contributed by atoms with E-state index in [4.69, 9.17) is 4.98 Å². The number of nitrogens with zero attached hydrogens (tertiary/aromatic N) is 2. The fraction of sp³-hybridized carbons (Fsp3) is 0.200. The molecule has 0 bridgehead atoms. The zero-order valence-electron chi connectivity index (χ0n) is 19.2. The number of carbonyl (C=O) groups is 1. The summed E-state index contributed by atoms with van der Waals surface area (Å²) in [5.41, 5.74) is 7.63. The molecule has 1 aromatic heterocycles. The highest BCUT2D eigenvalue weighted by Crippen LogP contribution is 2.45. The highest BCUT2D eigenvalue weighted by molar-refractivity contribution is 5.94. The van der Waals surface area contributed by atoms with Gasteiger partial charge in [0.15, 0.2) is 0 Å². The first kappa shape index (κ1) is 20.7. The Labute approximate surface area is 198 Å². The van der Waals surface area contributed by atoms with E-state index in [1.807, 2.05) is 25.2 Å². The molecule has 168 valence electrons. The predicted octanol–water partition coefficient (Wildman–Crippen LogP) is 6.35. The van der Waals surface area contributed by atoms with Crippen LogP contribution in [0.5, 0.6) is 0 Å². The zero-order chi connectivity index (χ0) is 23.2. The van der Waals surface area contributed by atoms with Crippen molar-refractivity contribution in [3.63, 3.8) is 0 Å². The summed E-state index contributed by atoms with van der Waals surface area (Å²) < 4.78 is 0. The quantitative estimate of drug-likeness (QED) is 0.397. The monoisotopic (exact) mass is 446 g/mol. The van der Waals surface area contributed by atoms with Crippen LogP contribution in [-0.2, 0) is 11.2 Å². The molecule has 1 heterocycles. The lowest BCUT2D eigenvalue weighted by atomic mass is 9.75. The molecule has 0 radical (unpaired) electrons. The summed E-state index contributed by atoms with van der Waals surface area (Å²) in [7, 11) is 1.81. The van der Waals surface area contributed by atoms with Crippen molar-refractivity contribution in [2.24, 2.45) is 0 Å². The number of fused-ring (bicyclic) bond motifs is 5. The Morgan fingerprint density at radius 3 is 2.68 bits per heavy atom. The Balaban J connectivity index is 1.41. The fourth-order valence-corrected chi connectivity index (χ4v) is 5.62. The zero-order valence-corrected chi connectivity index (χ0v) is 19.2. The van der Waals surface area contributed by atoms with Crippen LogP contribution in [0, 0.1) is 0 Å². The van der Waals surface area contributed by atoms with Crippen LogP contribution < -0.4 is 4.90 Å². The van der Waals surface area contributed by atoms with E-state index in [1.165, 1.54) is 33.0 Å². The number of para-hydroxylation sites is 1. The Hall–Kier alpha value is -3.92. The largest absolute Gasteiger partial charge is 0.480 e. The van der Waals surface area contributed by atoms with Gasteiger partial charge in [-0.2, -0.15) is 0 Å². The molecule has 34 heavy (non-hydrogen) atoms. The van der Waals surface area contributed by atoms with Crippen LogP contribution in [0.25, 0.3) is 27.2 Å². The molecule has 1 atom stereocenters. The molecule has 1 N–H and O–H groups in total. The molecule has 4 aromatic rings. The van der Waals surface area contributed by atoms with Crippen LogP contribution in [0.4, 0.5) is 5.82 Å². The van der Waals surface area contributed by atoms with Crippen molar-refractivity contribution < 1.29 is 9.90 Å². The Morgan fingerprint density at radius 1 is 1.03 bits per heavy atom. The number of likely N-dealkylation sites (N-methyl/N-ethyl adjacent to an activating group) is 1. The molecule has 2 aliphatic carbocycles. The number of pyridine rings is 1. The van der Waals surface area contributed by atoms with Gasteiger partial charge in [0, 0.05) is 23.9 Å². The van der Waals surface area contributed by atoms with E-state index < -0.39 is 5.97 Å². The first-order valence-corrected chi connectivity index (χ1v) is 11.8. The lowest BCUT2D eigenvalue weighted by molar-refractivity contribution is -0.135. The van der Waals surface area contributed by atoms with Crippen molar-refractivity contribution in [3.8, 4) is 0 Å². The van der Waals surface area contributed by atoms with Crippen LogP contribution in [0.1, 0.15) is 35.4 Å². The maximum absolute atomic E-state index is 11.4. The molecular formula is C30H26N2O2. The van der Waals surface area contributed by atoms with Gasteiger partial charge in [-0.3, -0.25) is 4.79 Å². The minimum atomic E-state index is -0.858. The van der Waals surface area contributed by atoms with E-state index in [2.05, 4.69) is 60.7 Å². The number of benzene rings is 3. The molecule has 1 unspecified atom stereocenters. The second-order valence-electron chi connectivity index (χ2n) is 9.34. The summed E-state index contributed by atoms with van der Waals surface area (Å²) >= 11 is 0. The van der Waals surface area contributed by atoms with Crippen molar-refractivity contribution in [3.05, 3.63) is 101 Å². The maximum atomic E-state index is 11.4. The van der Waals surface area contributed by atoms with Crippen molar-refractivity contribution in [1.29, 1.82) is 0 Å². The van der Waals surface area contributed by atoms with Gasteiger partial charge in [0.1, 0.15) is 12.4 Å². The maximum Gasteiger partial charge on any atom is 0.323 e. The number of aromatic nitrogens is 1. The summed E-state index contributed by atoms with van der Waals surface area (Å²) in [4.78, 5) is 18.1. The average Bonchev–Trinajstić information content (AvgIpc) is 2.86. The number of hydrogen-bond donors (Lipinski definition) is 1. The van der Waals surface area contributed by atoms with Gasteiger partial charge in [0.25, 0.3) is 0 Å². The molecule has 0 spiro atoms. The van der Waals surface area contributed by atoms with Gasteiger partial charge < -0.3 is 10.0 Å². The second-order valence-corrected chi connectivity index (χ2v) is 9.34. The molecular weight excluding hydrogens is 420 g/mol. The van der Waals surface area contributed by atoms with Crippen molar-refractivity contribution >= 4 is 39.0 Å². The van der Waals surface area contributed by atoms with Crippen LogP contribution >= 0.6 is 0 Å². The Bertz CT molecular complexity index is 1520. The minimum absolute atomic E-state index is 0.0802. The Kier molecular flexibility index (Phi) is 4.95. The third-order valence-electron chi connectivity index (χ3n) is 7.22.